The Hall–Kier alpha value is -8.98. The van der Waals surface area contributed by atoms with E-state index < -0.39 is 10.8 Å². The summed E-state index contributed by atoms with van der Waals surface area (Å²) in [6, 6.07) is 97.4. The highest BCUT2D eigenvalue weighted by atomic mass is 16.5. The molecule has 3 aliphatic rings. The zero-order valence-corrected chi connectivity index (χ0v) is 45.2. The second-order valence-electron chi connectivity index (χ2n) is 23.5. The van der Waals surface area contributed by atoms with Gasteiger partial charge in [0.1, 0.15) is 11.5 Å². The molecule has 2 aliphatic carbocycles. The molecule has 0 bridgehead atoms. The van der Waals surface area contributed by atoms with Gasteiger partial charge in [-0.3, -0.25) is 0 Å². The Bertz CT molecular complexity index is 4030. The molecule has 376 valence electrons. The van der Waals surface area contributed by atoms with Gasteiger partial charge in [-0.1, -0.05) is 272 Å². The topological polar surface area (TPSA) is 12.5 Å². The molecule has 2 heteroatoms. The minimum absolute atomic E-state index is 0.0719. The Morgan fingerprint density at radius 1 is 0.308 bits per heavy atom. The molecule has 0 saturated heterocycles. The lowest BCUT2D eigenvalue weighted by Crippen LogP contribution is -2.33. The van der Waals surface area contributed by atoms with E-state index >= 15 is 0 Å². The fourth-order valence-electron chi connectivity index (χ4n) is 13.5. The maximum Gasteiger partial charge on any atom is 0.140 e. The van der Waals surface area contributed by atoms with Crippen molar-refractivity contribution in [2.24, 2.45) is 0 Å². The summed E-state index contributed by atoms with van der Waals surface area (Å²) in [5.41, 5.74) is 23.7. The Balaban J connectivity index is 1.06. The van der Waals surface area contributed by atoms with Gasteiger partial charge in [0, 0.05) is 33.5 Å². The highest BCUT2D eigenvalue weighted by Crippen LogP contribution is 2.65. The molecule has 11 aromatic rings. The number of rotatable bonds is 7. The van der Waals surface area contributed by atoms with Crippen molar-refractivity contribution in [3.63, 3.8) is 0 Å². The molecular formula is C76H61NO. The molecule has 0 fully saturated rings. The van der Waals surface area contributed by atoms with E-state index in [1.54, 1.807) is 0 Å². The van der Waals surface area contributed by atoms with Gasteiger partial charge in [-0.2, -0.15) is 0 Å². The number of ether oxygens (including phenoxy) is 1. The summed E-state index contributed by atoms with van der Waals surface area (Å²) in [5.74, 6) is 1.75. The summed E-state index contributed by atoms with van der Waals surface area (Å²) < 4.78 is 7.52. The highest BCUT2D eigenvalue weighted by molar-refractivity contribution is 5.98. The van der Waals surface area contributed by atoms with Crippen LogP contribution >= 0.6 is 0 Å². The van der Waals surface area contributed by atoms with E-state index in [1.165, 1.54) is 66.8 Å². The van der Waals surface area contributed by atoms with Gasteiger partial charge in [0.05, 0.1) is 22.2 Å². The molecule has 78 heavy (non-hydrogen) atoms. The molecule has 1 aliphatic heterocycles. The van der Waals surface area contributed by atoms with Crippen LogP contribution in [0.25, 0.3) is 44.5 Å². The minimum Gasteiger partial charge on any atom is -0.456 e. The summed E-state index contributed by atoms with van der Waals surface area (Å²) in [6.45, 7) is 14.0. The Morgan fingerprint density at radius 2 is 0.744 bits per heavy atom. The highest BCUT2D eigenvalue weighted by Gasteiger charge is 2.53. The second kappa shape index (κ2) is 17.8. The van der Waals surface area contributed by atoms with Crippen LogP contribution in [-0.4, -0.2) is 0 Å². The quantitative estimate of drug-likeness (QED) is 0.158. The third-order valence-electron chi connectivity index (χ3n) is 17.2. The van der Waals surface area contributed by atoms with E-state index in [4.69, 9.17) is 4.74 Å². The van der Waals surface area contributed by atoms with Crippen LogP contribution in [0, 0.1) is 0 Å². The van der Waals surface area contributed by atoms with E-state index in [0.29, 0.717) is 0 Å². The van der Waals surface area contributed by atoms with E-state index in [1.807, 2.05) is 0 Å². The standard InChI is InChI=1S/C76H61NO/c1-73(2,3)53-41-44-58-59-45-42-54(74(4,5)6)48-67(59)76(66(58)47-53)64-36-20-23-40-71(64)78-72-62(34-24-37-65(72)76)61-33-18-22-39-70(61)77(69-38-21-17-31-56(69)50-25-10-7-11-26-50)55-43-46-60-57-32-16-19-35-63(57)75(68(60)49-55,51-27-12-8-13-28-51)52-29-14-9-15-30-52/h7-49H,1-6H3. The fraction of sp³-hybridized carbons (Fsp3) is 0.132. The number of para-hydroxylation sites is 4. The molecule has 0 aromatic heterocycles. The first-order chi connectivity index (χ1) is 38.0. The van der Waals surface area contributed by atoms with Crippen molar-refractivity contribution in [2.45, 2.75) is 63.2 Å². The van der Waals surface area contributed by atoms with Crippen molar-refractivity contribution < 1.29 is 4.74 Å². The molecule has 14 rings (SSSR count). The molecular weight excluding hydrogens is 943 g/mol. The van der Waals surface area contributed by atoms with Crippen molar-refractivity contribution in [1.82, 2.24) is 0 Å². The van der Waals surface area contributed by atoms with Crippen molar-refractivity contribution in [1.29, 1.82) is 0 Å². The average Bonchev–Trinajstić information content (AvgIpc) is 3.53. The van der Waals surface area contributed by atoms with E-state index in [-0.39, 0.29) is 10.8 Å². The van der Waals surface area contributed by atoms with Gasteiger partial charge < -0.3 is 9.64 Å². The molecule has 0 unspecified atom stereocenters. The van der Waals surface area contributed by atoms with Crippen LogP contribution in [0.15, 0.2) is 261 Å². The predicted octanol–water partition coefficient (Wildman–Crippen LogP) is 19.9. The SMILES string of the molecule is CC(C)(C)c1ccc2c(c1)C1(c3ccccc3Oc3c(-c4ccccc4N(c4ccc5c(c4)C(c4ccccc4)(c4ccccc4)c4ccccc4-5)c4ccccc4-c4ccccc4)cccc31)c1cc(C(C)(C)C)ccc1-2. The molecule has 2 nitrogen and oxygen atoms in total. The lowest BCUT2D eigenvalue weighted by Gasteiger charge is -2.41. The minimum atomic E-state index is -0.672. The van der Waals surface area contributed by atoms with Crippen LogP contribution < -0.4 is 9.64 Å². The second-order valence-corrected chi connectivity index (χ2v) is 23.5. The van der Waals surface area contributed by atoms with E-state index in [2.05, 4.69) is 307 Å². The largest absolute Gasteiger partial charge is 0.456 e. The van der Waals surface area contributed by atoms with Gasteiger partial charge in [0.25, 0.3) is 0 Å². The first kappa shape index (κ1) is 47.5. The lowest BCUT2D eigenvalue weighted by atomic mass is 9.64. The summed E-state index contributed by atoms with van der Waals surface area (Å²) in [7, 11) is 0. The van der Waals surface area contributed by atoms with Crippen molar-refractivity contribution in [2.75, 3.05) is 4.90 Å². The van der Waals surface area contributed by atoms with Crippen molar-refractivity contribution in [3.8, 4) is 56.0 Å². The smallest absolute Gasteiger partial charge is 0.140 e. The fourth-order valence-corrected chi connectivity index (χ4v) is 13.5. The third kappa shape index (κ3) is 7.02. The average molecular weight is 1000 g/mol. The van der Waals surface area contributed by atoms with Crippen LogP contribution in [0.4, 0.5) is 17.1 Å². The Labute approximate surface area is 460 Å². The molecule has 0 amide bonds. The summed E-state index contributed by atoms with van der Waals surface area (Å²) in [5, 5.41) is 0. The summed E-state index contributed by atoms with van der Waals surface area (Å²) in [6.07, 6.45) is 0. The molecule has 1 spiro atoms. The number of hydrogen-bond donors (Lipinski definition) is 0. The van der Waals surface area contributed by atoms with Crippen molar-refractivity contribution in [3.05, 3.63) is 316 Å². The monoisotopic (exact) mass is 1000 g/mol. The number of anilines is 3. The van der Waals surface area contributed by atoms with Crippen LogP contribution in [0.5, 0.6) is 11.5 Å². The molecule has 0 atom stereocenters. The molecule has 0 saturated carbocycles. The van der Waals surface area contributed by atoms with E-state index in [9.17, 15) is 0 Å². The summed E-state index contributed by atoms with van der Waals surface area (Å²) >= 11 is 0. The number of hydrogen-bond acceptors (Lipinski definition) is 2. The molecule has 0 radical (unpaired) electrons. The van der Waals surface area contributed by atoms with Crippen LogP contribution in [0.3, 0.4) is 0 Å². The molecule has 1 heterocycles. The van der Waals surface area contributed by atoms with Crippen LogP contribution in [0.2, 0.25) is 0 Å². The molecule has 0 N–H and O–H groups in total. The first-order valence-electron chi connectivity index (χ1n) is 27.6. The first-order valence-corrected chi connectivity index (χ1v) is 27.6. The van der Waals surface area contributed by atoms with Crippen molar-refractivity contribution >= 4 is 17.1 Å². The normalized spacial score (nSPS) is 14.1. The predicted molar refractivity (Wildman–Crippen MR) is 324 cm³/mol. The summed E-state index contributed by atoms with van der Waals surface area (Å²) in [4.78, 5) is 2.51. The van der Waals surface area contributed by atoms with Gasteiger partial charge in [-0.05, 0) is 113 Å². The number of benzene rings is 11. The lowest BCUT2D eigenvalue weighted by molar-refractivity contribution is 0.437. The van der Waals surface area contributed by atoms with E-state index in [0.717, 1.165) is 61.9 Å². The van der Waals surface area contributed by atoms with Gasteiger partial charge in [0.15, 0.2) is 0 Å². The van der Waals surface area contributed by atoms with Gasteiger partial charge in [-0.15, -0.1) is 0 Å². The Morgan fingerprint density at radius 3 is 1.35 bits per heavy atom. The van der Waals surface area contributed by atoms with Crippen LogP contribution in [-0.2, 0) is 21.7 Å². The molecule has 11 aromatic carbocycles. The van der Waals surface area contributed by atoms with Crippen LogP contribution in [0.1, 0.15) is 97.2 Å². The zero-order valence-electron chi connectivity index (χ0n) is 45.2. The van der Waals surface area contributed by atoms with Gasteiger partial charge >= 0.3 is 0 Å². The number of fused-ring (bicyclic) bond motifs is 12. The maximum absolute atomic E-state index is 7.52. The third-order valence-corrected chi connectivity index (χ3v) is 17.2. The maximum atomic E-state index is 7.52. The van der Waals surface area contributed by atoms with Gasteiger partial charge in [0.2, 0.25) is 0 Å². The zero-order chi connectivity index (χ0) is 53.0. The number of nitrogens with zero attached hydrogens (tertiary/aromatic N) is 1. The van der Waals surface area contributed by atoms with Gasteiger partial charge in [-0.25, -0.2) is 0 Å². The Kier molecular flexibility index (Phi) is 10.8.